The number of rotatable bonds is 4. The molecule has 0 aliphatic carbocycles. The molecule has 0 amide bonds. The summed E-state index contributed by atoms with van der Waals surface area (Å²) in [6, 6.07) is 3.78. The average Bonchev–Trinajstić information content (AvgIpc) is 2.30. The van der Waals surface area contributed by atoms with Crippen LogP contribution in [0.1, 0.15) is 32.8 Å². The minimum Gasteiger partial charge on any atom is -0.397 e. The van der Waals surface area contributed by atoms with Crippen LogP contribution < -0.4 is 10.6 Å². The van der Waals surface area contributed by atoms with E-state index >= 15 is 0 Å². The zero-order valence-corrected chi connectivity index (χ0v) is 10.9. The molecule has 0 fully saturated rings. The van der Waals surface area contributed by atoms with E-state index in [0.29, 0.717) is 12.2 Å². The van der Waals surface area contributed by atoms with Gasteiger partial charge in [0.15, 0.2) is 0 Å². The van der Waals surface area contributed by atoms with Crippen molar-refractivity contribution < 1.29 is 13.2 Å². The zero-order chi connectivity index (χ0) is 13.9. The van der Waals surface area contributed by atoms with Crippen molar-refractivity contribution in [3.05, 3.63) is 23.8 Å². The molecule has 1 aromatic rings. The predicted molar refractivity (Wildman–Crippen MR) is 68.6 cm³/mol. The van der Waals surface area contributed by atoms with Crippen LogP contribution in [-0.2, 0) is 6.18 Å². The second kappa shape index (κ2) is 5.50. The van der Waals surface area contributed by atoms with Gasteiger partial charge in [0, 0.05) is 12.6 Å². The van der Waals surface area contributed by atoms with E-state index in [4.69, 9.17) is 5.73 Å². The van der Waals surface area contributed by atoms with Gasteiger partial charge in [-0.15, -0.1) is 0 Å². The molecule has 0 bridgehead atoms. The van der Waals surface area contributed by atoms with Crippen LogP contribution in [0.2, 0.25) is 0 Å². The minimum absolute atomic E-state index is 0.173. The maximum absolute atomic E-state index is 12.5. The molecule has 0 heterocycles. The molecule has 0 spiro atoms. The van der Waals surface area contributed by atoms with Gasteiger partial charge in [-0.25, -0.2) is 0 Å². The fourth-order valence-electron chi connectivity index (χ4n) is 1.93. The molecule has 102 valence electrons. The van der Waals surface area contributed by atoms with Gasteiger partial charge in [0.25, 0.3) is 0 Å². The van der Waals surface area contributed by atoms with Crippen LogP contribution in [0.5, 0.6) is 0 Å². The summed E-state index contributed by atoms with van der Waals surface area (Å²) in [6.45, 7) is 6.74. The van der Waals surface area contributed by atoms with Crippen LogP contribution in [0.15, 0.2) is 18.2 Å². The van der Waals surface area contributed by atoms with Crippen molar-refractivity contribution in [1.29, 1.82) is 0 Å². The lowest BCUT2D eigenvalue weighted by molar-refractivity contribution is -0.137. The number of nitrogen functional groups attached to an aromatic ring is 1. The first-order valence-electron chi connectivity index (χ1n) is 6.04. The van der Waals surface area contributed by atoms with Crippen LogP contribution >= 0.6 is 0 Å². The molecule has 0 aliphatic heterocycles. The van der Waals surface area contributed by atoms with Crippen LogP contribution in [0.25, 0.3) is 0 Å². The molecule has 1 rings (SSSR count). The fourth-order valence-corrected chi connectivity index (χ4v) is 1.93. The molecule has 0 aromatic heterocycles. The summed E-state index contributed by atoms with van der Waals surface area (Å²) in [5.41, 5.74) is 5.88. The average molecular weight is 260 g/mol. The quantitative estimate of drug-likeness (QED) is 0.831. The molecule has 0 aliphatic rings. The highest BCUT2D eigenvalue weighted by atomic mass is 19.4. The van der Waals surface area contributed by atoms with E-state index in [2.05, 4.69) is 0 Å². The molecule has 2 nitrogen and oxygen atoms in total. The van der Waals surface area contributed by atoms with E-state index in [9.17, 15) is 13.2 Å². The van der Waals surface area contributed by atoms with Gasteiger partial charge in [-0.1, -0.05) is 6.92 Å². The largest absolute Gasteiger partial charge is 0.416 e. The lowest BCUT2D eigenvalue weighted by atomic mass is 10.1. The number of anilines is 2. The lowest BCUT2D eigenvalue weighted by Crippen LogP contribution is -2.33. The topological polar surface area (TPSA) is 29.3 Å². The summed E-state index contributed by atoms with van der Waals surface area (Å²) < 4.78 is 37.6. The van der Waals surface area contributed by atoms with Gasteiger partial charge >= 0.3 is 6.18 Å². The third-order valence-electron chi connectivity index (χ3n) is 3.13. The zero-order valence-electron chi connectivity index (χ0n) is 10.9. The van der Waals surface area contributed by atoms with Crippen LogP contribution in [-0.4, -0.2) is 12.6 Å². The van der Waals surface area contributed by atoms with E-state index in [0.717, 1.165) is 18.6 Å². The highest BCUT2D eigenvalue weighted by Crippen LogP contribution is 2.34. The standard InChI is InChI=1S/C13H19F3N2/c1-4-9(3)18(5-2)12-7-6-10(8-11(12)17)13(14,15)16/h6-9H,4-5,17H2,1-3H3. The Morgan fingerprint density at radius 2 is 1.89 bits per heavy atom. The van der Waals surface area contributed by atoms with Crippen molar-refractivity contribution in [2.24, 2.45) is 0 Å². The number of nitrogens with zero attached hydrogens (tertiary/aromatic N) is 1. The highest BCUT2D eigenvalue weighted by molar-refractivity contribution is 5.69. The van der Waals surface area contributed by atoms with Crippen molar-refractivity contribution in [2.75, 3.05) is 17.2 Å². The van der Waals surface area contributed by atoms with Gasteiger partial charge in [-0.3, -0.25) is 0 Å². The third-order valence-corrected chi connectivity index (χ3v) is 3.13. The van der Waals surface area contributed by atoms with Crippen molar-refractivity contribution in [3.8, 4) is 0 Å². The third kappa shape index (κ3) is 3.09. The maximum Gasteiger partial charge on any atom is 0.416 e. The summed E-state index contributed by atoms with van der Waals surface area (Å²) in [7, 11) is 0. The number of alkyl halides is 3. The molecular weight excluding hydrogens is 241 g/mol. The van der Waals surface area contributed by atoms with Gasteiger partial charge < -0.3 is 10.6 Å². The first kappa shape index (κ1) is 14.7. The van der Waals surface area contributed by atoms with Gasteiger partial charge in [-0.05, 0) is 38.5 Å². The summed E-state index contributed by atoms with van der Waals surface area (Å²) >= 11 is 0. The van der Waals surface area contributed by atoms with Crippen molar-refractivity contribution in [3.63, 3.8) is 0 Å². The molecule has 1 aromatic carbocycles. The highest BCUT2D eigenvalue weighted by Gasteiger charge is 2.31. The molecule has 0 radical (unpaired) electrons. The Balaban J connectivity index is 3.12. The molecule has 0 saturated carbocycles. The fraction of sp³-hybridized carbons (Fsp3) is 0.538. The predicted octanol–water partition coefficient (Wildman–Crippen LogP) is 3.91. The summed E-state index contributed by atoms with van der Waals surface area (Å²) in [4.78, 5) is 2.01. The molecule has 0 saturated heterocycles. The van der Waals surface area contributed by atoms with E-state index in [1.54, 1.807) is 0 Å². The van der Waals surface area contributed by atoms with Gasteiger partial charge in [0.1, 0.15) is 0 Å². The van der Waals surface area contributed by atoms with Gasteiger partial charge in [0.05, 0.1) is 16.9 Å². The van der Waals surface area contributed by atoms with Crippen LogP contribution in [0.4, 0.5) is 24.5 Å². The van der Waals surface area contributed by atoms with Crippen LogP contribution in [0.3, 0.4) is 0 Å². The van der Waals surface area contributed by atoms with E-state index in [-0.39, 0.29) is 11.7 Å². The number of benzene rings is 1. The lowest BCUT2D eigenvalue weighted by Gasteiger charge is -2.30. The molecule has 2 N–H and O–H groups in total. The Morgan fingerprint density at radius 1 is 1.28 bits per heavy atom. The second-order valence-electron chi connectivity index (χ2n) is 4.31. The number of nitrogens with two attached hydrogens (primary N) is 1. The Morgan fingerprint density at radius 3 is 2.28 bits per heavy atom. The summed E-state index contributed by atoms with van der Waals surface area (Å²) in [5.74, 6) is 0. The molecule has 1 unspecified atom stereocenters. The van der Waals surface area contributed by atoms with Crippen LogP contribution in [0, 0.1) is 0 Å². The first-order chi connectivity index (χ1) is 8.31. The molecule has 18 heavy (non-hydrogen) atoms. The molecule has 1 atom stereocenters. The number of hydrogen-bond acceptors (Lipinski definition) is 2. The van der Waals surface area contributed by atoms with E-state index < -0.39 is 11.7 Å². The van der Waals surface area contributed by atoms with Crippen molar-refractivity contribution in [1.82, 2.24) is 0 Å². The first-order valence-corrected chi connectivity index (χ1v) is 6.04. The normalized spacial score (nSPS) is 13.4. The number of hydrogen-bond donors (Lipinski definition) is 1. The van der Waals surface area contributed by atoms with E-state index in [1.165, 1.54) is 6.07 Å². The molecule has 5 heteroatoms. The maximum atomic E-state index is 12.5. The van der Waals surface area contributed by atoms with Crippen molar-refractivity contribution >= 4 is 11.4 Å². The number of halogens is 3. The summed E-state index contributed by atoms with van der Waals surface area (Å²) in [5, 5.41) is 0. The Labute approximate surface area is 106 Å². The van der Waals surface area contributed by atoms with Gasteiger partial charge in [0.2, 0.25) is 0 Å². The van der Waals surface area contributed by atoms with E-state index in [1.807, 2.05) is 25.7 Å². The summed E-state index contributed by atoms with van der Waals surface area (Å²) in [6.07, 6.45) is -3.44. The smallest absolute Gasteiger partial charge is 0.397 e. The van der Waals surface area contributed by atoms with Crippen molar-refractivity contribution in [2.45, 2.75) is 39.4 Å². The minimum atomic E-state index is -4.35. The van der Waals surface area contributed by atoms with Gasteiger partial charge in [-0.2, -0.15) is 13.2 Å². The Hall–Kier alpha value is -1.39. The molecular formula is C13H19F3N2. The monoisotopic (exact) mass is 260 g/mol. The second-order valence-corrected chi connectivity index (χ2v) is 4.31. The SMILES string of the molecule is CCC(C)N(CC)c1ccc(C(F)(F)F)cc1N. The Bertz CT molecular complexity index is 402. The Kier molecular flexibility index (Phi) is 4.48.